The van der Waals surface area contributed by atoms with Crippen molar-refractivity contribution >= 4 is 5.69 Å². The molecule has 4 N–H and O–H groups in total. The molecule has 0 heterocycles. The molecule has 0 aliphatic rings. The van der Waals surface area contributed by atoms with E-state index in [9.17, 15) is 4.39 Å². The first kappa shape index (κ1) is 9.95. The summed E-state index contributed by atoms with van der Waals surface area (Å²) in [6.45, 7) is 0.364. The maximum absolute atomic E-state index is 13.0. The van der Waals surface area contributed by atoms with Gasteiger partial charge in [0.25, 0.3) is 0 Å². The average Bonchev–Trinajstić information content (AvgIpc) is 2.10. The van der Waals surface area contributed by atoms with Gasteiger partial charge in [-0.25, -0.2) is 4.39 Å². The first-order valence-corrected chi connectivity index (χ1v) is 3.94. The standard InChI is InChI=1S/C9H13FN2O/c1-13-5-9(12)6-2-3-8(11)7(10)4-6/h2-4,9H,5,11-12H2,1H3. The SMILES string of the molecule is COCC(N)c1ccc(N)c(F)c1. The lowest BCUT2D eigenvalue weighted by Gasteiger charge is -2.10. The van der Waals surface area contributed by atoms with Crippen molar-refractivity contribution in [2.45, 2.75) is 6.04 Å². The van der Waals surface area contributed by atoms with Crippen molar-refractivity contribution in [1.82, 2.24) is 0 Å². The molecule has 3 nitrogen and oxygen atoms in total. The molecular formula is C9H13FN2O. The molecule has 0 aliphatic heterocycles. The van der Waals surface area contributed by atoms with Crippen LogP contribution < -0.4 is 11.5 Å². The van der Waals surface area contributed by atoms with Crippen LogP contribution in [0.4, 0.5) is 10.1 Å². The van der Waals surface area contributed by atoms with Crippen molar-refractivity contribution in [2.24, 2.45) is 5.73 Å². The van der Waals surface area contributed by atoms with Gasteiger partial charge in [-0.05, 0) is 17.7 Å². The van der Waals surface area contributed by atoms with E-state index in [-0.39, 0.29) is 11.7 Å². The number of hydrogen-bond acceptors (Lipinski definition) is 3. The molecule has 0 radical (unpaired) electrons. The third kappa shape index (κ3) is 2.40. The summed E-state index contributed by atoms with van der Waals surface area (Å²) < 4.78 is 17.8. The Morgan fingerprint density at radius 2 is 2.23 bits per heavy atom. The maximum atomic E-state index is 13.0. The summed E-state index contributed by atoms with van der Waals surface area (Å²) in [5, 5.41) is 0. The molecule has 1 aromatic rings. The second-order valence-electron chi connectivity index (χ2n) is 2.84. The molecule has 0 spiro atoms. The molecule has 1 atom stereocenters. The van der Waals surface area contributed by atoms with Gasteiger partial charge in [-0.3, -0.25) is 0 Å². The summed E-state index contributed by atoms with van der Waals surface area (Å²) in [5.74, 6) is -0.441. The smallest absolute Gasteiger partial charge is 0.146 e. The first-order valence-electron chi connectivity index (χ1n) is 3.94. The minimum atomic E-state index is -0.441. The minimum Gasteiger partial charge on any atom is -0.396 e. The number of anilines is 1. The van der Waals surface area contributed by atoms with Crippen LogP contribution in [-0.2, 0) is 4.74 Å². The van der Waals surface area contributed by atoms with Gasteiger partial charge >= 0.3 is 0 Å². The Morgan fingerprint density at radius 3 is 2.77 bits per heavy atom. The Labute approximate surface area is 76.5 Å². The summed E-state index contributed by atoms with van der Waals surface area (Å²) in [6.07, 6.45) is 0. The number of methoxy groups -OCH3 is 1. The number of ether oxygens (including phenoxy) is 1. The quantitative estimate of drug-likeness (QED) is 0.690. The van der Waals surface area contributed by atoms with Crippen LogP contribution in [0.15, 0.2) is 18.2 Å². The van der Waals surface area contributed by atoms with E-state index in [4.69, 9.17) is 16.2 Å². The van der Waals surface area contributed by atoms with Crippen LogP contribution in [0.3, 0.4) is 0 Å². The van der Waals surface area contributed by atoms with Crippen molar-refractivity contribution in [3.8, 4) is 0 Å². The van der Waals surface area contributed by atoms with Crippen LogP contribution in [0, 0.1) is 5.82 Å². The van der Waals surface area contributed by atoms with Crippen molar-refractivity contribution in [2.75, 3.05) is 19.5 Å². The van der Waals surface area contributed by atoms with Gasteiger partial charge in [-0.15, -0.1) is 0 Å². The molecule has 0 saturated heterocycles. The normalized spacial score (nSPS) is 12.8. The van der Waals surface area contributed by atoms with E-state index < -0.39 is 5.82 Å². The lowest BCUT2D eigenvalue weighted by atomic mass is 10.1. The lowest BCUT2D eigenvalue weighted by Crippen LogP contribution is -2.16. The molecule has 1 rings (SSSR count). The monoisotopic (exact) mass is 184 g/mol. The van der Waals surface area contributed by atoms with Gasteiger partial charge in [-0.2, -0.15) is 0 Å². The first-order chi connectivity index (χ1) is 6.15. The lowest BCUT2D eigenvalue weighted by molar-refractivity contribution is 0.181. The molecule has 0 saturated carbocycles. The van der Waals surface area contributed by atoms with Crippen LogP contribution in [0.2, 0.25) is 0 Å². The molecule has 0 fully saturated rings. The Morgan fingerprint density at radius 1 is 1.54 bits per heavy atom. The summed E-state index contributed by atoms with van der Waals surface area (Å²) in [6, 6.07) is 4.22. The molecule has 72 valence electrons. The van der Waals surface area contributed by atoms with Gasteiger partial charge in [0.15, 0.2) is 0 Å². The molecule has 4 heteroatoms. The fourth-order valence-corrected chi connectivity index (χ4v) is 1.05. The molecule has 0 bridgehead atoms. The number of nitrogen functional groups attached to an aromatic ring is 1. The highest BCUT2D eigenvalue weighted by Gasteiger charge is 2.07. The largest absolute Gasteiger partial charge is 0.396 e. The number of rotatable bonds is 3. The molecule has 13 heavy (non-hydrogen) atoms. The third-order valence-corrected chi connectivity index (χ3v) is 1.80. The summed E-state index contributed by atoms with van der Waals surface area (Å²) in [4.78, 5) is 0. The average molecular weight is 184 g/mol. The zero-order chi connectivity index (χ0) is 9.84. The highest BCUT2D eigenvalue weighted by molar-refractivity contribution is 5.42. The molecule has 0 aliphatic carbocycles. The van der Waals surface area contributed by atoms with E-state index >= 15 is 0 Å². The van der Waals surface area contributed by atoms with E-state index in [0.29, 0.717) is 12.2 Å². The van der Waals surface area contributed by atoms with E-state index in [1.807, 2.05) is 0 Å². The zero-order valence-corrected chi connectivity index (χ0v) is 7.46. The van der Waals surface area contributed by atoms with Crippen LogP contribution in [-0.4, -0.2) is 13.7 Å². The van der Waals surface area contributed by atoms with Gasteiger partial charge in [0, 0.05) is 7.11 Å². The van der Waals surface area contributed by atoms with Crippen molar-refractivity contribution in [3.05, 3.63) is 29.6 Å². The second-order valence-corrected chi connectivity index (χ2v) is 2.84. The summed E-state index contributed by atoms with van der Waals surface area (Å²) in [5.41, 5.74) is 11.8. The van der Waals surface area contributed by atoms with E-state index in [2.05, 4.69) is 0 Å². The Kier molecular flexibility index (Phi) is 3.22. The van der Waals surface area contributed by atoms with E-state index in [1.54, 1.807) is 13.2 Å². The number of benzene rings is 1. The highest BCUT2D eigenvalue weighted by Crippen LogP contribution is 2.16. The van der Waals surface area contributed by atoms with Gasteiger partial charge in [-0.1, -0.05) is 6.07 Å². The van der Waals surface area contributed by atoms with Crippen molar-refractivity contribution in [3.63, 3.8) is 0 Å². The summed E-state index contributed by atoms with van der Waals surface area (Å²) in [7, 11) is 1.55. The predicted molar refractivity (Wildman–Crippen MR) is 49.6 cm³/mol. The maximum Gasteiger partial charge on any atom is 0.146 e. The van der Waals surface area contributed by atoms with E-state index in [1.165, 1.54) is 12.1 Å². The molecular weight excluding hydrogens is 171 g/mol. The van der Waals surface area contributed by atoms with E-state index in [0.717, 1.165) is 0 Å². The number of nitrogens with two attached hydrogens (primary N) is 2. The second kappa shape index (κ2) is 4.20. The summed E-state index contributed by atoms with van der Waals surface area (Å²) >= 11 is 0. The van der Waals surface area contributed by atoms with Crippen molar-refractivity contribution < 1.29 is 9.13 Å². The predicted octanol–water partition coefficient (Wildman–Crippen LogP) is 1.05. The number of halogens is 1. The zero-order valence-electron chi connectivity index (χ0n) is 7.46. The fraction of sp³-hybridized carbons (Fsp3) is 0.333. The van der Waals surface area contributed by atoms with Gasteiger partial charge in [0.1, 0.15) is 5.82 Å². The van der Waals surface area contributed by atoms with Crippen LogP contribution in [0.25, 0.3) is 0 Å². The van der Waals surface area contributed by atoms with Gasteiger partial charge in [0.2, 0.25) is 0 Å². The Balaban J connectivity index is 2.84. The molecule has 0 aromatic heterocycles. The Bertz CT molecular complexity index is 291. The minimum absolute atomic E-state index is 0.133. The number of hydrogen-bond donors (Lipinski definition) is 2. The van der Waals surface area contributed by atoms with Crippen LogP contribution >= 0.6 is 0 Å². The van der Waals surface area contributed by atoms with Gasteiger partial charge in [0.05, 0.1) is 18.3 Å². The molecule has 0 amide bonds. The Hall–Kier alpha value is -1.13. The molecule has 1 aromatic carbocycles. The topological polar surface area (TPSA) is 61.3 Å². The van der Waals surface area contributed by atoms with Crippen molar-refractivity contribution in [1.29, 1.82) is 0 Å². The van der Waals surface area contributed by atoms with Crippen LogP contribution in [0.1, 0.15) is 11.6 Å². The fourth-order valence-electron chi connectivity index (χ4n) is 1.05. The van der Waals surface area contributed by atoms with Gasteiger partial charge < -0.3 is 16.2 Å². The third-order valence-electron chi connectivity index (χ3n) is 1.80. The highest BCUT2D eigenvalue weighted by atomic mass is 19.1. The molecule has 1 unspecified atom stereocenters. The van der Waals surface area contributed by atoms with Crippen LogP contribution in [0.5, 0.6) is 0 Å².